The lowest BCUT2D eigenvalue weighted by molar-refractivity contribution is 0.376. The van der Waals surface area contributed by atoms with E-state index >= 15 is 0 Å². The number of nitrogens with two attached hydrogens (primary N) is 1. The third kappa shape index (κ3) is 1.95. The number of halogens is 1. The predicted molar refractivity (Wildman–Crippen MR) is 85.5 cm³/mol. The molecule has 0 saturated heterocycles. The summed E-state index contributed by atoms with van der Waals surface area (Å²) in [5, 5.41) is 0. The van der Waals surface area contributed by atoms with Crippen molar-refractivity contribution in [3.8, 4) is 11.5 Å². The Balaban J connectivity index is 1.64. The molecule has 0 radical (unpaired) electrons. The van der Waals surface area contributed by atoms with Crippen LogP contribution in [0.25, 0.3) is 0 Å². The Morgan fingerprint density at radius 1 is 1.10 bits per heavy atom. The first-order valence-corrected chi connectivity index (χ1v) is 8.62. The number of ether oxygens (including phenoxy) is 2. The largest absolute Gasteiger partial charge is 0.496 e. The van der Waals surface area contributed by atoms with Crippen LogP contribution >= 0.6 is 15.9 Å². The second-order valence-electron chi connectivity index (χ2n) is 6.82. The fraction of sp³-hybridized carbons (Fsp3) is 0.647. The third-order valence-corrected chi connectivity index (χ3v) is 6.69. The molecule has 1 aromatic carbocycles. The molecule has 2 N–H and O–H groups in total. The van der Waals surface area contributed by atoms with Gasteiger partial charge in [0.15, 0.2) is 0 Å². The summed E-state index contributed by atoms with van der Waals surface area (Å²) >= 11 is 3.52. The Bertz CT molecular complexity index is 560. The molecular formula is C17H22BrNO2. The zero-order valence-electron chi connectivity index (χ0n) is 12.5. The summed E-state index contributed by atoms with van der Waals surface area (Å²) in [5.41, 5.74) is 7.74. The minimum Gasteiger partial charge on any atom is -0.496 e. The summed E-state index contributed by atoms with van der Waals surface area (Å²) in [5.74, 6) is 5.98. The quantitative estimate of drug-likeness (QED) is 0.897. The summed E-state index contributed by atoms with van der Waals surface area (Å²) in [7, 11) is 3.40. The van der Waals surface area contributed by atoms with Crippen molar-refractivity contribution >= 4 is 15.9 Å². The van der Waals surface area contributed by atoms with Gasteiger partial charge in [0, 0.05) is 11.6 Å². The molecule has 0 heterocycles. The van der Waals surface area contributed by atoms with Crippen LogP contribution < -0.4 is 15.2 Å². The van der Waals surface area contributed by atoms with Crippen molar-refractivity contribution in [2.24, 2.45) is 35.3 Å². The molecular weight excluding hydrogens is 330 g/mol. The Morgan fingerprint density at radius 2 is 1.71 bits per heavy atom. The van der Waals surface area contributed by atoms with Crippen molar-refractivity contribution in [1.29, 1.82) is 0 Å². The van der Waals surface area contributed by atoms with Crippen LogP contribution in [0.5, 0.6) is 11.5 Å². The van der Waals surface area contributed by atoms with E-state index in [9.17, 15) is 0 Å². The van der Waals surface area contributed by atoms with Crippen LogP contribution in [0.15, 0.2) is 16.6 Å². The minimum atomic E-state index is 0.0698. The molecule has 0 spiro atoms. The van der Waals surface area contributed by atoms with Crippen LogP contribution in [0.1, 0.15) is 30.9 Å². The molecule has 3 fully saturated rings. The van der Waals surface area contributed by atoms with Gasteiger partial charge in [0.05, 0.1) is 18.7 Å². The summed E-state index contributed by atoms with van der Waals surface area (Å²) in [6.45, 7) is 0. The molecule has 5 unspecified atom stereocenters. The highest BCUT2D eigenvalue weighted by atomic mass is 79.9. The highest BCUT2D eigenvalue weighted by molar-refractivity contribution is 9.10. The van der Waals surface area contributed by atoms with Gasteiger partial charge in [-0.1, -0.05) is 0 Å². The zero-order chi connectivity index (χ0) is 14.7. The summed E-state index contributed by atoms with van der Waals surface area (Å²) in [6, 6.07) is 4.09. The molecule has 3 saturated carbocycles. The van der Waals surface area contributed by atoms with Gasteiger partial charge in [-0.25, -0.2) is 0 Å². The van der Waals surface area contributed by atoms with E-state index in [2.05, 4.69) is 15.9 Å². The van der Waals surface area contributed by atoms with E-state index < -0.39 is 0 Å². The smallest absolute Gasteiger partial charge is 0.133 e. The fourth-order valence-electron chi connectivity index (χ4n) is 5.22. The van der Waals surface area contributed by atoms with Gasteiger partial charge in [-0.2, -0.15) is 0 Å². The maximum absolute atomic E-state index is 6.64. The summed E-state index contributed by atoms with van der Waals surface area (Å²) in [4.78, 5) is 0. The van der Waals surface area contributed by atoms with Gasteiger partial charge in [0.1, 0.15) is 11.5 Å². The molecule has 4 rings (SSSR count). The average molecular weight is 352 g/mol. The van der Waals surface area contributed by atoms with Gasteiger partial charge in [-0.15, -0.1) is 0 Å². The van der Waals surface area contributed by atoms with E-state index in [1.165, 1.54) is 19.3 Å². The molecule has 114 valence electrons. The maximum Gasteiger partial charge on any atom is 0.133 e. The fourth-order valence-corrected chi connectivity index (χ4v) is 5.71. The standard InChI is InChI=1S/C17H22BrNO2/c1-20-12-7-11(18)13(21-2)6-10(12)17(19)16-14-8-3-4-9(5-8)15(14)16/h6-9,14-17H,3-5,19H2,1-2H3. The Labute approximate surface area is 134 Å². The number of hydrogen-bond acceptors (Lipinski definition) is 3. The van der Waals surface area contributed by atoms with Crippen LogP contribution in [0.2, 0.25) is 0 Å². The van der Waals surface area contributed by atoms with Crippen molar-refractivity contribution in [2.75, 3.05) is 14.2 Å². The maximum atomic E-state index is 6.64. The Kier molecular flexibility index (Phi) is 3.23. The molecule has 3 aliphatic rings. The molecule has 1 aromatic rings. The van der Waals surface area contributed by atoms with Crippen LogP contribution in [-0.2, 0) is 0 Å². The molecule has 0 aromatic heterocycles. The van der Waals surface area contributed by atoms with Crippen LogP contribution in [-0.4, -0.2) is 14.2 Å². The van der Waals surface area contributed by atoms with E-state index in [1.54, 1.807) is 14.2 Å². The van der Waals surface area contributed by atoms with Gasteiger partial charge in [0.2, 0.25) is 0 Å². The molecule has 21 heavy (non-hydrogen) atoms. The topological polar surface area (TPSA) is 44.5 Å². The first kappa shape index (κ1) is 13.9. The van der Waals surface area contributed by atoms with Gasteiger partial charge in [-0.05, 0) is 76.9 Å². The average Bonchev–Trinajstić information content (AvgIpc) is 2.93. The lowest BCUT2D eigenvalue weighted by Gasteiger charge is -2.20. The second kappa shape index (κ2) is 4.88. The van der Waals surface area contributed by atoms with Gasteiger partial charge < -0.3 is 15.2 Å². The van der Waals surface area contributed by atoms with E-state index in [4.69, 9.17) is 15.2 Å². The number of hydrogen-bond donors (Lipinski definition) is 1. The highest BCUT2D eigenvalue weighted by Crippen LogP contribution is 2.72. The van der Waals surface area contributed by atoms with Crippen molar-refractivity contribution in [1.82, 2.24) is 0 Å². The first-order valence-electron chi connectivity index (χ1n) is 7.82. The molecule has 3 aliphatic carbocycles. The van der Waals surface area contributed by atoms with E-state index in [1.807, 2.05) is 12.1 Å². The number of methoxy groups -OCH3 is 2. The highest BCUT2D eigenvalue weighted by Gasteiger charge is 2.66. The monoisotopic (exact) mass is 351 g/mol. The van der Waals surface area contributed by atoms with E-state index in [0.717, 1.165) is 45.2 Å². The normalized spacial score (nSPS) is 37.2. The number of rotatable bonds is 4. The zero-order valence-corrected chi connectivity index (χ0v) is 14.1. The van der Waals surface area contributed by atoms with E-state index in [-0.39, 0.29) is 6.04 Å². The molecule has 0 aliphatic heterocycles. The van der Waals surface area contributed by atoms with E-state index in [0.29, 0.717) is 5.92 Å². The van der Waals surface area contributed by atoms with Crippen molar-refractivity contribution in [3.05, 3.63) is 22.2 Å². The van der Waals surface area contributed by atoms with Gasteiger partial charge >= 0.3 is 0 Å². The van der Waals surface area contributed by atoms with Crippen molar-refractivity contribution in [2.45, 2.75) is 25.3 Å². The summed E-state index contributed by atoms with van der Waals surface area (Å²) in [6.07, 6.45) is 4.31. The molecule has 4 heteroatoms. The lowest BCUT2D eigenvalue weighted by Crippen LogP contribution is -2.18. The Hall–Kier alpha value is -0.740. The molecule has 5 atom stereocenters. The third-order valence-electron chi connectivity index (χ3n) is 6.07. The first-order chi connectivity index (χ1) is 10.2. The van der Waals surface area contributed by atoms with Crippen LogP contribution in [0.3, 0.4) is 0 Å². The van der Waals surface area contributed by atoms with Crippen LogP contribution in [0, 0.1) is 29.6 Å². The van der Waals surface area contributed by atoms with Gasteiger partial charge in [-0.3, -0.25) is 0 Å². The molecule has 3 nitrogen and oxygen atoms in total. The minimum absolute atomic E-state index is 0.0698. The predicted octanol–water partition coefficient (Wildman–Crippen LogP) is 3.76. The molecule has 2 bridgehead atoms. The van der Waals surface area contributed by atoms with Crippen molar-refractivity contribution in [3.63, 3.8) is 0 Å². The van der Waals surface area contributed by atoms with Crippen LogP contribution in [0.4, 0.5) is 0 Å². The molecule has 0 amide bonds. The lowest BCUT2D eigenvalue weighted by atomic mass is 9.93. The van der Waals surface area contributed by atoms with Gasteiger partial charge in [0.25, 0.3) is 0 Å². The number of fused-ring (bicyclic) bond motifs is 5. The Morgan fingerprint density at radius 3 is 2.29 bits per heavy atom. The van der Waals surface area contributed by atoms with Crippen molar-refractivity contribution < 1.29 is 9.47 Å². The second-order valence-corrected chi connectivity index (χ2v) is 7.67. The SMILES string of the molecule is COc1cc(C(N)C2C3C4CCC(C4)C32)c(OC)cc1Br. The summed E-state index contributed by atoms with van der Waals surface area (Å²) < 4.78 is 11.9. The number of benzene rings is 1.